The third-order valence-electron chi connectivity index (χ3n) is 15.9. The normalized spacial score (nSPS) is 36.6. The number of hydrogen-bond acceptors (Lipinski definition) is 16. The summed E-state index contributed by atoms with van der Waals surface area (Å²) in [6.45, 7) is 13.2. The molecule has 418 valence electrons. The molecule has 1 saturated carbocycles. The SMILES string of the molecule is CO[C@@H]1C[C@H](C[C@@H](C)[C@@H]2CC(=O)[C@H](C)/C=C(\C)[C@@H](O)[C@@H](OC)C(=O)[C@H](C)C[C@H](C)/C=C/C=C/C=C(\C)C(OCCc3cnccn3)C[C@@H]3CC[C@@H](C)[C@@](O)(O3)C(=O)C(=O)N3CCCC[C@H]3C(=O)O2)CC[C@H]1OCCO. The van der Waals surface area contributed by atoms with E-state index in [4.69, 9.17) is 28.4 Å². The number of aliphatic hydroxyl groups excluding tert-OH is 2. The van der Waals surface area contributed by atoms with Crippen molar-refractivity contribution in [1.82, 2.24) is 14.9 Å². The topological polar surface area (TPSA) is 230 Å². The molecule has 0 aromatic carbocycles. The van der Waals surface area contributed by atoms with Crippen molar-refractivity contribution in [3.05, 3.63) is 71.9 Å². The first-order chi connectivity index (χ1) is 35.8. The van der Waals surface area contributed by atoms with Crippen LogP contribution in [0, 0.1) is 35.5 Å². The van der Waals surface area contributed by atoms with Gasteiger partial charge in [0.05, 0.1) is 49.9 Å². The largest absolute Gasteiger partial charge is 0.460 e. The van der Waals surface area contributed by atoms with Gasteiger partial charge in [0.15, 0.2) is 5.78 Å². The van der Waals surface area contributed by atoms with Crippen LogP contribution < -0.4 is 0 Å². The number of piperidine rings is 1. The number of aromatic nitrogens is 2. The average Bonchev–Trinajstić information content (AvgIpc) is 3.40. The predicted molar refractivity (Wildman–Crippen MR) is 281 cm³/mol. The van der Waals surface area contributed by atoms with Crippen LogP contribution in [0.25, 0.3) is 0 Å². The van der Waals surface area contributed by atoms with Gasteiger partial charge in [-0.1, -0.05) is 71.1 Å². The maximum absolute atomic E-state index is 14.6. The summed E-state index contributed by atoms with van der Waals surface area (Å²) >= 11 is 0. The second-order valence-electron chi connectivity index (χ2n) is 21.7. The Morgan fingerprint density at radius 1 is 0.867 bits per heavy atom. The molecule has 15 atom stereocenters. The first-order valence-corrected chi connectivity index (χ1v) is 27.4. The number of nitrogens with zero attached hydrogens (tertiary/aromatic N) is 3. The first-order valence-electron chi connectivity index (χ1n) is 27.4. The Balaban J connectivity index is 1.47. The van der Waals surface area contributed by atoms with Crippen LogP contribution in [0.5, 0.6) is 0 Å². The summed E-state index contributed by atoms with van der Waals surface area (Å²) in [5.41, 5.74) is 1.98. The second kappa shape index (κ2) is 30.0. The number of methoxy groups -OCH3 is 2. The number of esters is 1. The number of ether oxygens (including phenoxy) is 6. The van der Waals surface area contributed by atoms with E-state index in [0.717, 1.165) is 17.7 Å². The Hall–Kier alpha value is -4.33. The van der Waals surface area contributed by atoms with Crippen LogP contribution in [0.1, 0.15) is 131 Å². The molecule has 1 unspecified atom stereocenters. The number of ketones is 3. The van der Waals surface area contributed by atoms with Crippen LogP contribution in [-0.2, 0) is 58.8 Å². The fourth-order valence-corrected chi connectivity index (χ4v) is 11.2. The molecule has 3 N–H and O–H groups in total. The fourth-order valence-electron chi connectivity index (χ4n) is 11.2. The van der Waals surface area contributed by atoms with E-state index in [1.165, 1.54) is 12.0 Å². The zero-order valence-corrected chi connectivity index (χ0v) is 46.0. The molecule has 17 heteroatoms. The minimum Gasteiger partial charge on any atom is -0.460 e. The molecule has 4 aliphatic rings. The smallest absolute Gasteiger partial charge is 0.329 e. The molecule has 75 heavy (non-hydrogen) atoms. The van der Waals surface area contributed by atoms with Crippen molar-refractivity contribution in [2.24, 2.45) is 35.5 Å². The number of aliphatic hydroxyl groups is 3. The van der Waals surface area contributed by atoms with E-state index in [9.17, 15) is 39.3 Å². The molecule has 4 heterocycles. The van der Waals surface area contributed by atoms with Crippen molar-refractivity contribution < 1.29 is 67.7 Å². The Morgan fingerprint density at radius 3 is 2.35 bits per heavy atom. The summed E-state index contributed by atoms with van der Waals surface area (Å²) in [7, 11) is 3.01. The van der Waals surface area contributed by atoms with E-state index in [0.29, 0.717) is 70.0 Å². The minimum absolute atomic E-state index is 0.0116. The van der Waals surface area contributed by atoms with E-state index in [2.05, 4.69) is 9.97 Å². The molecule has 17 nitrogen and oxygen atoms in total. The van der Waals surface area contributed by atoms with Gasteiger partial charge in [-0.3, -0.25) is 29.1 Å². The van der Waals surface area contributed by atoms with Crippen molar-refractivity contribution in [3.8, 4) is 0 Å². The monoisotopic (exact) mass is 1050 g/mol. The van der Waals surface area contributed by atoms with Crippen LogP contribution in [0.2, 0.25) is 0 Å². The Kier molecular flexibility index (Phi) is 24.6. The molecule has 0 radical (unpaired) electrons. The number of carbonyl (C=O) groups is 5. The highest BCUT2D eigenvalue weighted by Crippen LogP contribution is 2.38. The summed E-state index contributed by atoms with van der Waals surface area (Å²) in [6, 6.07) is -1.17. The van der Waals surface area contributed by atoms with E-state index < -0.39 is 77.8 Å². The van der Waals surface area contributed by atoms with Gasteiger partial charge in [-0.15, -0.1) is 0 Å². The molecule has 5 rings (SSSR count). The molecule has 2 saturated heterocycles. The zero-order chi connectivity index (χ0) is 54.8. The van der Waals surface area contributed by atoms with Crippen molar-refractivity contribution in [2.75, 3.05) is 40.6 Å². The minimum atomic E-state index is -2.48. The summed E-state index contributed by atoms with van der Waals surface area (Å²) in [6.07, 6.45) is 16.9. The van der Waals surface area contributed by atoms with E-state index in [-0.39, 0.29) is 80.5 Å². The van der Waals surface area contributed by atoms with Crippen molar-refractivity contribution in [2.45, 2.75) is 186 Å². The molecule has 1 amide bonds. The lowest BCUT2D eigenvalue weighted by Crippen LogP contribution is -2.61. The quantitative estimate of drug-likeness (QED) is 0.114. The van der Waals surface area contributed by atoms with Gasteiger partial charge in [0.25, 0.3) is 11.7 Å². The molecule has 2 bridgehead atoms. The van der Waals surface area contributed by atoms with Gasteiger partial charge in [0.1, 0.15) is 30.1 Å². The van der Waals surface area contributed by atoms with E-state index in [1.54, 1.807) is 52.5 Å². The number of rotatable bonds is 12. The number of amides is 1. The highest BCUT2D eigenvalue weighted by Gasteiger charge is 2.53. The van der Waals surface area contributed by atoms with Gasteiger partial charge in [-0.25, -0.2) is 4.79 Å². The molecular formula is C58H87N3O14. The van der Waals surface area contributed by atoms with Gasteiger partial charge < -0.3 is 48.6 Å². The third-order valence-corrected chi connectivity index (χ3v) is 15.9. The van der Waals surface area contributed by atoms with E-state index in [1.807, 2.05) is 58.1 Å². The number of allylic oxidation sites excluding steroid dienone is 6. The molecule has 3 aliphatic heterocycles. The third kappa shape index (κ3) is 17.3. The molecule has 0 spiro atoms. The predicted octanol–water partition coefficient (Wildman–Crippen LogP) is 6.60. The van der Waals surface area contributed by atoms with Crippen LogP contribution in [0.4, 0.5) is 0 Å². The molecule has 1 aliphatic carbocycles. The first kappa shape index (κ1) is 61.5. The number of hydrogen-bond donors (Lipinski definition) is 3. The Labute approximate surface area is 444 Å². The van der Waals surface area contributed by atoms with Gasteiger partial charge in [-0.05, 0) is 107 Å². The lowest BCUT2D eigenvalue weighted by atomic mass is 9.78. The molecule has 3 fully saturated rings. The standard InChI is InChI=1S/C58H87N3O14/c1-36-15-11-10-12-16-37(2)49(72-27-22-44-35-59-23-24-60-44)33-45-20-18-42(7)58(69,75-45)55(66)56(67)61-25-14-13-17-46(61)57(68)74-50(39(4)31-43-19-21-48(73-28-26-62)51(32-43)70-8)34-47(63)38(3)30-41(6)53(65)54(71-9)52(64)40(5)29-36/h10-12,15-16,23-24,30,35-36,38-40,42-43,45-46,48-51,53-54,62,65,69H,13-14,17-22,25-29,31-34H2,1-9H3/b12-10+,15-11+,37-16+,41-30+/t36-,38-,39-,40-,42-,43+,45+,46+,48-,49?,50+,51-,53-,54+,58-/m1/s1. The van der Waals surface area contributed by atoms with Crippen LogP contribution in [0.15, 0.2) is 66.2 Å². The van der Waals surface area contributed by atoms with Gasteiger partial charge >= 0.3 is 5.97 Å². The van der Waals surface area contributed by atoms with Crippen LogP contribution >= 0.6 is 0 Å². The van der Waals surface area contributed by atoms with Crippen molar-refractivity contribution in [1.29, 1.82) is 0 Å². The lowest BCUT2D eigenvalue weighted by Gasteiger charge is -2.43. The zero-order valence-electron chi connectivity index (χ0n) is 46.0. The number of cyclic esters (lactones) is 1. The average molecular weight is 1050 g/mol. The molecule has 1 aromatic rings. The maximum atomic E-state index is 14.6. The molecule has 1 aromatic heterocycles. The lowest BCUT2D eigenvalue weighted by molar-refractivity contribution is -0.266. The number of Topliss-reactive ketones (excluding diaryl/α,β-unsaturated/α-hetero) is 3. The summed E-state index contributed by atoms with van der Waals surface area (Å²) in [5.74, 6) is -8.20. The van der Waals surface area contributed by atoms with Crippen molar-refractivity contribution in [3.63, 3.8) is 0 Å². The van der Waals surface area contributed by atoms with Gasteiger partial charge in [-0.2, -0.15) is 0 Å². The van der Waals surface area contributed by atoms with Crippen molar-refractivity contribution >= 4 is 29.2 Å². The van der Waals surface area contributed by atoms with E-state index >= 15 is 0 Å². The molecular weight excluding hydrogens is 963 g/mol. The number of carbonyl (C=O) groups excluding carboxylic acids is 5. The maximum Gasteiger partial charge on any atom is 0.329 e. The second-order valence-corrected chi connectivity index (χ2v) is 21.7. The van der Waals surface area contributed by atoms with Gasteiger partial charge in [0.2, 0.25) is 5.79 Å². The van der Waals surface area contributed by atoms with Crippen LogP contribution in [0.3, 0.4) is 0 Å². The fraction of sp³-hybridized carbons (Fsp3) is 0.707. The van der Waals surface area contributed by atoms with Gasteiger partial charge in [0, 0.05) is 76.4 Å². The van der Waals surface area contributed by atoms with Crippen LogP contribution in [-0.4, -0.2) is 155 Å². The number of fused-ring (bicyclic) bond motifs is 3. The summed E-state index contributed by atoms with van der Waals surface area (Å²) in [4.78, 5) is 81.5. The summed E-state index contributed by atoms with van der Waals surface area (Å²) < 4.78 is 36.4. The highest BCUT2D eigenvalue weighted by molar-refractivity contribution is 6.39. The highest BCUT2D eigenvalue weighted by atomic mass is 16.6. The summed E-state index contributed by atoms with van der Waals surface area (Å²) in [5, 5.41) is 33.1. The Bertz CT molecular complexity index is 2150. The Morgan fingerprint density at radius 2 is 1.64 bits per heavy atom.